The molecule has 2 aromatic rings. The molecule has 0 N–H and O–H groups in total. The standard InChI is InChI=1S/C15H13Cl2FN2O4/c1-3-23-15(22)24-9-5-20(8-4-7(8)18)12-10(13(9)21)6(2)19-14(17)11(12)16/h5,7-8H,3-4H2,1-2H3/t7-,8+/m0/s1. The molecule has 2 aromatic heterocycles. The highest BCUT2D eigenvalue weighted by molar-refractivity contribution is 6.44. The number of fused-ring (bicyclic) bond motifs is 1. The zero-order valence-corrected chi connectivity index (χ0v) is 14.3. The number of carbonyl (C=O) groups excluding carboxylic acids is 1. The normalized spacial score (nSPS) is 19.4. The second-order valence-electron chi connectivity index (χ2n) is 5.36. The molecule has 0 saturated heterocycles. The van der Waals surface area contributed by atoms with Gasteiger partial charge in [0.1, 0.15) is 16.3 Å². The van der Waals surface area contributed by atoms with Gasteiger partial charge < -0.3 is 14.0 Å². The van der Waals surface area contributed by atoms with Gasteiger partial charge in [-0.25, -0.2) is 14.2 Å². The molecule has 2 atom stereocenters. The third kappa shape index (κ3) is 2.82. The lowest BCUT2D eigenvalue weighted by Gasteiger charge is -2.15. The number of aryl methyl sites for hydroxylation is 1. The van der Waals surface area contributed by atoms with E-state index >= 15 is 0 Å². The lowest BCUT2D eigenvalue weighted by molar-refractivity contribution is 0.104. The first-order chi connectivity index (χ1) is 11.3. The maximum Gasteiger partial charge on any atom is 0.514 e. The molecule has 0 bridgehead atoms. The van der Waals surface area contributed by atoms with E-state index in [2.05, 4.69) is 9.72 Å². The molecule has 2 heterocycles. The topological polar surface area (TPSA) is 70.4 Å². The summed E-state index contributed by atoms with van der Waals surface area (Å²) in [4.78, 5) is 28.2. The van der Waals surface area contributed by atoms with Gasteiger partial charge in [0.2, 0.25) is 5.43 Å². The fourth-order valence-electron chi connectivity index (χ4n) is 2.53. The average Bonchev–Trinajstić information content (AvgIpc) is 3.23. The number of hydrogen-bond acceptors (Lipinski definition) is 5. The molecule has 0 radical (unpaired) electrons. The lowest BCUT2D eigenvalue weighted by Crippen LogP contribution is -2.19. The molecule has 3 rings (SSSR count). The van der Waals surface area contributed by atoms with E-state index in [4.69, 9.17) is 27.9 Å². The van der Waals surface area contributed by atoms with Crippen LogP contribution in [0.25, 0.3) is 10.9 Å². The van der Waals surface area contributed by atoms with Crippen LogP contribution < -0.4 is 10.2 Å². The van der Waals surface area contributed by atoms with Crippen LogP contribution in [0.2, 0.25) is 10.2 Å². The second kappa shape index (κ2) is 6.22. The lowest BCUT2D eigenvalue weighted by atomic mass is 10.2. The van der Waals surface area contributed by atoms with Gasteiger partial charge in [0.15, 0.2) is 5.75 Å². The number of halogens is 3. The van der Waals surface area contributed by atoms with Gasteiger partial charge >= 0.3 is 6.16 Å². The molecule has 0 aromatic carbocycles. The Bertz CT molecular complexity index is 899. The Morgan fingerprint density at radius 3 is 2.75 bits per heavy atom. The van der Waals surface area contributed by atoms with Gasteiger partial charge in [-0.15, -0.1) is 0 Å². The Morgan fingerprint density at radius 1 is 1.50 bits per heavy atom. The van der Waals surface area contributed by atoms with Crippen molar-refractivity contribution in [3.63, 3.8) is 0 Å². The van der Waals surface area contributed by atoms with E-state index < -0.39 is 23.8 Å². The molecule has 0 unspecified atom stereocenters. The molecule has 0 aliphatic heterocycles. The first kappa shape index (κ1) is 17.0. The minimum absolute atomic E-state index is 0.0185. The summed E-state index contributed by atoms with van der Waals surface area (Å²) < 4.78 is 24.7. The zero-order chi connectivity index (χ0) is 17.6. The molecule has 0 amide bonds. The monoisotopic (exact) mass is 374 g/mol. The van der Waals surface area contributed by atoms with Gasteiger partial charge in [0, 0.05) is 6.42 Å². The highest BCUT2D eigenvalue weighted by Gasteiger charge is 2.40. The first-order valence-corrected chi connectivity index (χ1v) is 7.99. The van der Waals surface area contributed by atoms with Gasteiger partial charge in [-0.1, -0.05) is 23.2 Å². The van der Waals surface area contributed by atoms with Crippen molar-refractivity contribution in [3.05, 3.63) is 32.3 Å². The van der Waals surface area contributed by atoms with Crippen molar-refractivity contribution in [1.82, 2.24) is 9.55 Å². The van der Waals surface area contributed by atoms with Crippen molar-refractivity contribution in [1.29, 1.82) is 0 Å². The Labute approximate surface area is 146 Å². The van der Waals surface area contributed by atoms with Gasteiger partial charge in [0.25, 0.3) is 0 Å². The molecule has 9 heteroatoms. The highest BCUT2D eigenvalue weighted by atomic mass is 35.5. The summed E-state index contributed by atoms with van der Waals surface area (Å²) in [5.41, 5.74) is -0.00188. The van der Waals surface area contributed by atoms with Crippen molar-refractivity contribution in [2.75, 3.05) is 6.61 Å². The van der Waals surface area contributed by atoms with E-state index in [1.165, 1.54) is 10.8 Å². The predicted molar refractivity (Wildman–Crippen MR) is 87.0 cm³/mol. The smallest absolute Gasteiger partial charge is 0.434 e. The van der Waals surface area contributed by atoms with Crippen LogP contribution in [-0.4, -0.2) is 28.5 Å². The zero-order valence-electron chi connectivity index (χ0n) is 12.8. The summed E-state index contributed by atoms with van der Waals surface area (Å²) in [6, 6.07) is -0.506. The number of ether oxygens (including phenoxy) is 2. The Hall–Kier alpha value is -1.86. The van der Waals surface area contributed by atoms with Crippen LogP contribution in [0.5, 0.6) is 5.75 Å². The van der Waals surface area contributed by atoms with E-state index in [0.29, 0.717) is 5.69 Å². The molecule has 6 nitrogen and oxygen atoms in total. The SMILES string of the molecule is CCOC(=O)Oc1cn([C@@H]2C[C@@H]2F)c2c(Cl)c(Cl)nc(C)c2c1=O. The van der Waals surface area contributed by atoms with E-state index in [9.17, 15) is 14.0 Å². The summed E-state index contributed by atoms with van der Waals surface area (Å²) in [6.07, 6.45) is -0.562. The van der Waals surface area contributed by atoms with E-state index in [0.717, 1.165) is 0 Å². The summed E-state index contributed by atoms with van der Waals surface area (Å²) >= 11 is 12.2. The minimum Gasteiger partial charge on any atom is -0.434 e. The molecule has 1 aliphatic rings. The molecular formula is C15H13Cl2FN2O4. The van der Waals surface area contributed by atoms with E-state index in [1.54, 1.807) is 13.8 Å². The molecule has 0 spiro atoms. The van der Waals surface area contributed by atoms with E-state index in [-0.39, 0.29) is 39.9 Å². The largest absolute Gasteiger partial charge is 0.514 e. The third-order valence-electron chi connectivity index (χ3n) is 3.71. The number of pyridine rings is 2. The Kier molecular flexibility index (Phi) is 4.40. The van der Waals surface area contributed by atoms with Crippen molar-refractivity contribution in [2.24, 2.45) is 0 Å². The second-order valence-corrected chi connectivity index (χ2v) is 6.10. The summed E-state index contributed by atoms with van der Waals surface area (Å²) in [5, 5.41) is 0.200. The fraction of sp³-hybridized carbons (Fsp3) is 0.400. The van der Waals surface area contributed by atoms with Crippen LogP contribution in [0.4, 0.5) is 9.18 Å². The van der Waals surface area contributed by atoms with Crippen molar-refractivity contribution < 1.29 is 18.7 Å². The third-order valence-corrected chi connectivity index (χ3v) is 4.44. The summed E-state index contributed by atoms with van der Waals surface area (Å²) in [7, 11) is 0. The fourth-order valence-corrected chi connectivity index (χ4v) is 2.98. The van der Waals surface area contributed by atoms with Gasteiger partial charge in [-0.05, 0) is 13.8 Å². The molecule has 128 valence electrons. The Balaban J connectivity index is 2.27. The van der Waals surface area contributed by atoms with Crippen LogP contribution in [0, 0.1) is 6.92 Å². The maximum atomic E-state index is 13.6. The van der Waals surface area contributed by atoms with Crippen molar-refractivity contribution in [3.8, 4) is 5.75 Å². The number of nitrogens with zero attached hydrogens (tertiary/aromatic N) is 2. The number of hydrogen-bond donors (Lipinski definition) is 0. The predicted octanol–water partition coefficient (Wildman–Crippen LogP) is 3.83. The van der Waals surface area contributed by atoms with Crippen LogP contribution >= 0.6 is 23.2 Å². The molecule has 1 saturated carbocycles. The summed E-state index contributed by atoms with van der Waals surface area (Å²) in [5.74, 6) is -0.275. The van der Waals surface area contributed by atoms with E-state index in [1.807, 2.05) is 0 Å². The molecule has 24 heavy (non-hydrogen) atoms. The molecule has 1 aliphatic carbocycles. The quantitative estimate of drug-likeness (QED) is 0.602. The van der Waals surface area contributed by atoms with Gasteiger partial charge in [-0.2, -0.15) is 0 Å². The first-order valence-electron chi connectivity index (χ1n) is 7.24. The van der Waals surface area contributed by atoms with Crippen LogP contribution in [0.3, 0.4) is 0 Å². The summed E-state index contributed by atoms with van der Waals surface area (Å²) in [6.45, 7) is 3.27. The van der Waals surface area contributed by atoms with Crippen LogP contribution in [-0.2, 0) is 4.74 Å². The minimum atomic E-state index is -1.07. The molecular weight excluding hydrogens is 362 g/mol. The van der Waals surface area contributed by atoms with Gasteiger partial charge in [0.05, 0.1) is 35.4 Å². The average molecular weight is 375 g/mol. The number of carbonyl (C=O) groups is 1. The molecule has 1 fully saturated rings. The van der Waals surface area contributed by atoms with Crippen LogP contribution in [0.1, 0.15) is 25.1 Å². The highest BCUT2D eigenvalue weighted by Crippen LogP contribution is 2.43. The van der Waals surface area contributed by atoms with Crippen LogP contribution in [0.15, 0.2) is 11.0 Å². The number of rotatable bonds is 3. The Morgan fingerprint density at radius 2 is 2.17 bits per heavy atom. The maximum absolute atomic E-state index is 13.6. The van der Waals surface area contributed by atoms with Crippen molar-refractivity contribution >= 4 is 40.3 Å². The number of aromatic nitrogens is 2. The van der Waals surface area contributed by atoms with Crippen molar-refractivity contribution in [2.45, 2.75) is 32.5 Å². The number of alkyl halides is 1. The van der Waals surface area contributed by atoms with Gasteiger partial charge in [-0.3, -0.25) is 4.79 Å².